The molecule has 8 heteroatoms. The first-order valence-electron chi connectivity index (χ1n) is 12.2. The van der Waals surface area contributed by atoms with E-state index in [-0.39, 0.29) is 18.4 Å². The first kappa shape index (κ1) is 25.8. The Morgan fingerprint density at radius 1 is 1.24 bits per heavy atom. The van der Waals surface area contributed by atoms with Crippen molar-refractivity contribution in [3.05, 3.63) is 11.6 Å². The molecule has 3 rings (SSSR count). The van der Waals surface area contributed by atoms with Crippen LogP contribution in [-0.2, 0) is 23.9 Å². The van der Waals surface area contributed by atoms with Crippen molar-refractivity contribution in [3.8, 4) is 0 Å². The van der Waals surface area contributed by atoms with Gasteiger partial charge in [0.1, 0.15) is 23.9 Å². The Balaban J connectivity index is 1.75. The first-order valence-corrected chi connectivity index (χ1v) is 12.2. The first-order chi connectivity index (χ1) is 15.6. The standard InChI is InChI=1S/C25H38O8/c1-4-5-6-7-8-9-10-16(27)21(29)32-17-13-24(2,3)18-12-11-15(14-26)19-22(30)33-23(31)25(18,19)20(17)28/h11,14,16-20,22,27-28,30H,4-10,12-13H2,1-3H3/t16?,17-,18-,19+,20-,22-,25?/m0/s1. The van der Waals surface area contributed by atoms with Crippen molar-refractivity contribution >= 4 is 18.2 Å². The average molecular weight is 467 g/mol. The molecule has 3 aliphatic rings. The summed E-state index contributed by atoms with van der Waals surface area (Å²) >= 11 is 0. The molecule has 1 saturated heterocycles. The van der Waals surface area contributed by atoms with Crippen molar-refractivity contribution in [2.45, 2.75) is 103 Å². The highest BCUT2D eigenvalue weighted by atomic mass is 16.6. The van der Waals surface area contributed by atoms with E-state index in [0.29, 0.717) is 19.1 Å². The minimum absolute atomic E-state index is 0.203. The molecule has 7 atom stereocenters. The van der Waals surface area contributed by atoms with Crippen molar-refractivity contribution in [1.82, 2.24) is 0 Å². The molecule has 0 bridgehead atoms. The second kappa shape index (κ2) is 10.2. The van der Waals surface area contributed by atoms with E-state index in [1.54, 1.807) is 6.08 Å². The Bertz CT molecular complexity index is 774. The van der Waals surface area contributed by atoms with Gasteiger partial charge in [0, 0.05) is 0 Å². The van der Waals surface area contributed by atoms with Crippen LogP contribution in [0.4, 0.5) is 0 Å². The molecule has 1 spiro atoms. The lowest BCUT2D eigenvalue weighted by atomic mass is 9.46. The molecule has 2 fully saturated rings. The molecule has 2 unspecified atom stereocenters. The average Bonchev–Trinajstić information content (AvgIpc) is 3.04. The third-order valence-corrected chi connectivity index (χ3v) is 7.93. The quantitative estimate of drug-likeness (QED) is 0.254. The molecule has 0 radical (unpaired) electrons. The summed E-state index contributed by atoms with van der Waals surface area (Å²) in [6.07, 6.45) is 3.86. The van der Waals surface area contributed by atoms with E-state index in [1.807, 2.05) is 13.8 Å². The normalized spacial score (nSPS) is 35.6. The highest BCUT2D eigenvalue weighted by Gasteiger charge is 2.73. The van der Waals surface area contributed by atoms with Gasteiger partial charge in [-0.05, 0) is 36.2 Å². The molecule has 1 saturated carbocycles. The van der Waals surface area contributed by atoms with Gasteiger partial charge < -0.3 is 24.8 Å². The van der Waals surface area contributed by atoms with Crippen molar-refractivity contribution in [2.24, 2.45) is 22.7 Å². The zero-order chi connectivity index (χ0) is 24.4. The number of allylic oxidation sites excluding steroid dienone is 1. The van der Waals surface area contributed by atoms with E-state index in [4.69, 9.17) is 9.47 Å². The highest BCUT2D eigenvalue weighted by Crippen LogP contribution is 2.63. The maximum atomic E-state index is 13.1. The fourth-order valence-electron chi connectivity index (χ4n) is 6.27. The van der Waals surface area contributed by atoms with Gasteiger partial charge in [0.05, 0.1) is 5.92 Å². The van der Waals surface area contributed by atoms with E-state index < -0.39 is 59.2 Å². The number of carbonyl (C=O) groups excluding carboxylic acids is 3. The number of esters is 2. The van der Waals surface area contributed by atoms with Crippen LogP contribution in [0.5, 0.6) is 0 Å². The molecule has 0 aromatic heterocycles. The summed E-state index contributed by atoms with van der Waals surface area (Å²) in [6, 6.07) is 0. The van der Waals surface area contributed by atoms with Crippen LogP contribution in [0, 0.1) is 22.7 Å². The molecular weight excluding hydrogens is 428 g/mol. The van der Waals surface area contributed by atoms with Gasteiger partial charge in [-0.15, -0.1) is 0 Å². The number of aliphatic hydroxyl groups is 3. The molecule has 3 N–H and O–H groups in total. The lowest BCUT2D eigenvalue weighted by molar-refractivity contribution is -0.211. The lowest BCUT2D eigenvalue weighted by Gasteiger charge is -2.56. The number of hydrogen-bond donors (Lipinski definition) is 3. The van der Waals surface area contributed by atoms with Gasteiger partial charge in [-0.1, -0.05) is 65.4 Å². The van der Waals surface area contributed by atoms with Gasteiger partial charge in [-0.25, -0.2) is 4.79 Å². The zero-order valence-electron chi connectivity index (χ0n) is 19.9. The lowest BCUT2D eigenvalue weighted by Crippen LogP contribution is -2.65. The number of unbranched alkanes of at least 4 members (excludes halogenated alkanes) is 5. The van der Waals surface area contributed by atoms with Crippen LogP contribution in [0.15, 0.2) is 11.6 Å². The van der Waals surface area contributed by atoms with Crippen LogP contribution in [0.1, 0.15) is 78.6 Å². The number of cyclic esters (lactones) is 1. The van der Waals surface area contributed by atoms with Crippen LogP contribution < -0.4 is 0 Å². The van der Waals surface area contributed by atoms with Crippen molar-refractivity contribution in [2.75, 3.05) is 0 Å². The molecule has 1 heterocycles. The van der Waals surface area contributed by atoms with Gasteiger partial charge in [-0.3, -0.25) is 9.59 Å². The molecule has 33 heavy (non-hydrogen) atoms. The zero-order valence-corrected chi connectivity index (χ0v) is 19.9. The molecule has 1 aliphatic heterocycles. The predicted octanol–water partition coefficient (Wildman–Crippen LogP) is 2.42. The Kier molecular flexibility index (Phi) is 8.02. The monoisotopic (exact) mass is 466 g/mol. The summed E-state index contributed by atoms with van der Waals surface area (Å²) in [5.74, 6) is -3.07. The third-order valence-electron chi connectivity index (χ3n) is 7.93. The Morgan fingerprint density at radius 3 is 2.58 bits per heavy atom. The molecule has 0 aromatic carbocycles. The molecule has 0 aromatic rings. The number of ether oxygens (including phenoxy) is 2. The van der Waals surface area contributed by atoms with Crippen molar-refractivity contribution in [3.63, 3.8) is 0 Å². The number of aldehydes is 1. The van der Waals surface area contributed by atoms with Gasteiger partial charge in [0.2, 0.25) is 6.29 Å². The highest BCUT2D eigenvalue weighted by molar-refractivity contribution is 5.87. The predicted molar refractivity (Wildman–Crippen MR) is 119 cm³/mol. The van der Waals surface area contributed by atoms with Gasteiger partial charge in [-0.2, -0.15) is 0 Å². The van der Waals surface area contributed by atoms with E-state index >= 15 is 0 Å². The molecule has 8 nitrogen and oxygen atoms in total. The van der Waals surface area contributed by atoms with Gasteiger partial charge in [0.25, 0.3) is 0 Å². The number of carbonyl (C=O) groups is 3. The van der Waals surface area contributed by atoms with E-state index in [1.165, 1.54) is 6.42 Å². The Labute approximate surface area is 195 Å². The fraction of sp³-hybridized carbons (Fsp3) is 0.800. The molecule has 0 amide bonds. The van der Waals surface area contributed by atoms with Gasteiger partial charge >= 0.3 is 11.9 Å². The van der Waals surface area contributed by atoms with Crippen LogP contribution in [0.2, 0.25) is 0 Å². The summed E-state index contributed by atoms with van der Waals surface area (Å²) < 4.78 is 10.7. The second-order valence-corrected chi connectivity index (χ2v) is 10.5. The summed E-state index contributed by atoms with van der Waals surface area (Å²) in [4.78, 5) is 37.4. The minimum Gasteiger partial charge on any atom is -0.458 e. The van der Waals surface area contributed by atoms with Crippen LogP contribution >= 0.6 is 0 Å². The van der Waals surface area contributed by atoms with Crippen molar-refractivity contribution < 1.29 is 39.2 Å². The molecular formula is C25H38O8. The van der Waals surface area contributed by atoms with Crippen LogP contribution in [0.3, 0.4) is 0 Å². The fourth-order valence-corrected chi connectivity index (χ4v) is 6.27. The van der Waals surface area contributed by atoms with E-state index in [2.05, 4.69) is 6.92 Å². The summed E-state index contributed by atoms with van der Waals surface area (Å²) in [6.45, 7) is 5.96. The Hall–Kier alpha value is -1.77. The van der Waals surface area contributed by atoms with E-state index in [9.17, 15) is 29.7 Å². The van der Waals surface area contributed by atoms with Crippen LogP contribution in [0.25, 0.3) is 0 Å². The number of rotatable bonds is 10. The number of aliphatic hydroxyl groups excluding tert-OH is 3. The largest absolute Gasteiger partial charge is 0.458 e. The van der Waals surface area contributed by atoms with Crippen molar-refractivity contribution in [1.29, 1.82) is 0 Å². The maximum Gasteiger partial charge on any atom is 0.335 e. The second-order valence-electron chi connectivity index (χ2n) is 10.5. The summed E-state index contributed by atoms with van der Waals surface area (Å²) in [7, 11) is 0. The summed E-state index contributed by atoms with van der Waals surface area (Å²) in [5.41, 5.74) is -1.96. The molecule has 186 valence electrons. The smallest absolute Gasteiger partial charge is 0.335 e. The van der Waals surface area contributed by atoms with E-state index in [0.717, 1.165) is 25.7 Å². The maximum absolute atomic E-state index is 13.1. The summed E-state index contributed by atoms with van der Waals surface area (Å²) in [5, 5.41) is 32.1. The number of hydrogen-bond acceptors (Lipinski definition) is 8. The Morgan fingerprint density at radius 2 is 1.91 bits per heavy atom. The third kappa shape index (κ3) is 4.62. The SMILES string of the molecule is CCCCCCCCC(O)C(=O)O[C@H]1CC(C)(C)[C@@H]2CC=C(C=O)[C@@H]3[C@@H](O)OC(=O)C32[C@H]1O. The minimum atomic E-state index is -1.60. The topological polar surface area (TPSA) is 130 Å². The van der Waals surface area contributed by atoms with Gasteiger partial charge in [0.15, 0.2) is 6.10 Å². The van der Waals surface area contributed by atoms with Crippen LogP contribution in [-0.4, -0.2) is 58.1 Å². The molecule has 2 aliphatic carbocycles.